The molecule has 0 radical (unpaired) electrons. The summed E-state index contributed by atoms with van der Waals surface area (Å²) in [6.45, 7) is 2.30. The summed E-state index contributed by atoms with van der Waals surface area (Å²) >= 11 is 5.76. The van der Waals surface area contributed by atoms with Crippen LogP contribution in [0.3, 0.4) is 0 Å². The van der Waals surface area contributed by atoms with Gasteiger partial charge in [-0.2, -0.15) is 0 Å². The molecular weight excluding hydrogens is 228 g/mol. The van der Waals surface area contributed by atoms with Crippen LogP contribution in [0, 0.1) is 0 Å². The molecule has 0 spiro atoms. The number of benzene rings is 1. The van der Waals surface area contributed by atoms with Crippen LogP contribution in [-0.4, -0.2) is 17.1 Å². The Morgan fingerprint density at radius 1 is 1.62 bits per heavy atom. The Morgan fingerprint density at radius 3 is 2.94 bits per heavy atom. The largest absolute Gasteiger partial charge is 0.506 e. The highest BCUT2D eigenvalue weighted by molar-refractivity contribution is 6.32. The van der Waals surface area contributed by atoms with Gasteiger partial charge in [0.15, 0.2) is 0 Å². The minimum Gasteiger partial charge on any atom is -0.506 e. The molecule has 4 nitrogen and oxygen atoms in total. The van der Waals surface area contributed by atoms with Crippen LogP contribution in [0.5, 0.6) is 5.75 Å². The predicted octanol–water partition coefficient (Wildman–Crippen LogP) is 1.40. The van der Waals surface area contributed by atoms with E-state index in [1.165, 1.54) is 0 Å². The van der Waals surface area contributed by atoms with Gasteiger partial charge in [0.05, 0.1) is 5.02 Å². The van der Waals surface area contributed by atoms with Gasteiger partial charge in [0.1, 0.15) is 5.75 Å². The zero-order valence-electron chi connectivity index (χ0n) is 9.03. The molecule has 88 valence electrons. The number of hydrogen-bond donors (Lipinski definition) is 3. The zero-order valence-corrected chi connectivity index (χ0v) is 9.79. The summed E-state index contributed by atoms with van der Waals surface area (Å²) in [5, 5.41) is 13.0. The van der Waals surface area contributed by atoms with Crippen LogP contribution >= 0.6 is 11.6 Å². The number of carbonyl (C=O) groups is 1. The van der Waals surface area contributed by atoms with Crippen LogP contribution < -0.4 is 11.1 Å². The van der Waals surface area contributed by atoms with E-state index in [9.17, 15) is 9.90 Å². The first kappa shape index (κ1) is 12.8. The molecule has 0 heterocycles. The molecule has 16 heavy (non-hydrogen) atoms. The summed E-state index contributed by atoms with van der Waals surface area (Å²) in [5.74, 6) is -0.279. The van der Waals surface area contributed by atoms with Crippen LogP contribution in [0.15, 0.2) is 18.2 Å². The van der Waals surface area contributed by atoms with Crippen molar-refractivity contribution >= 4 is 17.5 Å². The molecule has 1 aromatic carbocycles. The van der Waals surface area contributed by atoms with Crippen LogP contribution in [-0.2, 0) is 11.3 Å². The summed E-state index contributed by atoms with van der Waals surface area (Å²) in [6, 6.07) is 5.12. The molecule has 1 rings (SSSR count). The van der Waals surface area contributed by atoms with Gasteiger partial charge >= 0.3 is 0 Å². The lowest BCUT2D eigenvalue weighted by Gasteiger charge is -2.13. The standard InChI is InChI=1S/C11H15ClN2O2/c1-7(5-10(13)15)14-6-8-3-2-4-9(12)11(8)16/h2-4,7,14,16H,5-6H2,1H3,(H2,13,15). The summed E-state index contributed by atoms with van der Waals surface area (Å²) in [4.78, 5) is 10.7. The van der Waals surface area contributed by atoms with Crippen LogP contribution in [0.4, 0.5) is 0 Å². The fourth-order valence-corrected chi connectivity index (χ4v) is 1.55. The summed E-state index contributed by atoms with van der Waals surface area (Å²) in [5.41, 5.74) is 5.76. The van der Waals surface area contributed by atoms with Crippen molar-refractivity contribution in [2.24, 2.45) is 5.73 Å². The van der Waals surface area contributed by atoms with Gasteiger partial charge in [-0.05, 0) is 13.0 Å². The first-order valence-electron chi connectivity index (χ1n) is 4.98. The van der Waals surface area contributed by atoms with Crippen molar-refractivity contribution < 1.29 is 9.90 Å². The van der Waals surface area contributed by atoms with Crippen LogP contribution in [0.1, 0.15) is 18.9 Å². The number of carbonyl (C=O) groups excluding carboxylic acids is 1. The van der Waals surface area contributed by atoms with Gasteiger partial charge in [-0.15, -0.1) is 0 Å². The summed E-state index contributed by atoms with van der Waals surface area (Å²) < 4.78 is 0. The molecular formula is C11H15ClN2O2. The Hall–Kier alpha value is -1.26. The van der Waals surface area contributed by atoms with E-state index in [0.29, 0.717) is 17.1 Å². The number of hydrogen-bond acceptors (Lipinski definition) is 3. The van der Waals surface area contributed by atoms with E-state index in [0.717, 1.165) is 0 Å². The number of primary amides is 1. The van der Waals surface area contributed by atoms with Gasteiger partial charge < -0.3 is 16.2 Å². The first-order chi connectivity index (χ1) is 7.50. The van der Waals surface area contributed by atoms with Crippen molar-refractivity contribution in [2.75, 3.05) is 0 Å². The third kappa shape index (κ3) is 3.72. The lowest BCUT2D eigenvalue weighted by Crippen LogP contribution is -2.30. The molecule has 1 aromatic rings. The maximum Gasteiger partial charge on any atom is 0.218 e. The van der Waals surface area contributed by atoms with Crippen molar-refractivity contribution in [1.29, 1.82) is 0 Å². The Labute approximate surface area is 99.4 Å². The number of phenols is 1. The van der Waals surface area contributed by atoms with Crippen molar-refractivity contribution in [3.05, 3.63) is 28.8 Å². The predicted molar refractivity (Wildman–Crippen MR) is 63.2 cm³/mol. The fourth-order valence-electron chi connectivity index (χ4n) is 1.36. The molecule has 0 saturated carbocycles. The lowest BCUT2D eigenvalue weighted by atomic mass is 10.1. The van der Waals surface area contributed by atoms with Gasteiger partial charge in [-0.3, -0.25) is 4.79 Å². The number of rotatable bonds is 5. The number of nitrogens with two attached hydrogens (primary N) is 1. The van der Waals surface area contributed by atoms with E-state index in [2.05, 4.69) is 5.32 Å². The summed E-state index contributed by atoms with van der Waals surface area (Å²) in [6.07, 6.45) is 0.265. The number of nitrogens with one attached hydrogen (secondary N) is 1. The number of para-hydroxylation sites is 1. The van der Waals surface area contributed by atoms with Crippen molar-refractivity contribution in [3.63, 3.8) is 0 Å². The SMILES string of the molecule is CC(CC(N)=O)NCc1cccc(Cl)c1O. The minimum absolute atomic E-state index is 0.0316. The quantitative estimate of drug-likeness (QED) is 0.731. The molecule has 0 aliphatic heterocycles. The van der Waals surface area contributed by atoms with Gasteiger partial charge in [0, 0.05) is 24.6 Å². The maximum absolute atomic E-state index is 10.7. The Bertz CT molecular complexity index is 382. The number of halogens is 1. The smallest absolute Gasteiger partial charge is 0.218 e. The third-order valence-electron chi connectivity index (χ3n) is 2.22. The molecule has 0 aliphatic rings. The first-order valence-corrected chi connectivity index (χ1v) is 5.36. The Morgan fingerprint density at radius 2 is 2.31 bits per heavy atom. The molecule has 1 unspecified atom stereocenters. The number of aromatic hydroxyl groups is 1. The van der Waals surface area contributed by atoms with E-state index in [1.807, 2.05) is 6.92 Å². The molecule has 0 saturated heterocycles. The van der Waals surface area contributed by atoms with E-state index in [4.69, 9.17) is 17.3 Å². The lowest BCUT2D eigenvalue weighted by molar-refractivity contribution is -0.118. The highest BCUT2D eigenvalue weighted by atomic mass is 35.5. The minimum atomic E-state index is -0.352. The summed E-state index contributed by atoms with van der Waals surface area (Å²) in [7, 11) is 0. The molecule has 5 heteroatoms. The zero-order chi connectivity index (χ0) is 12.1. The van der Waals surface area contributed by atoms with Crippen molar-refractivity contribution in [1.82, 2.24) is 5.32 Å². The average molecular weight is 243 g/mol. The highest BCUT2D eigenvalue weighted by Gasteiger charge is 2.08. The van der Waals surface area contributed by atoms with Crippen LogP contribution in [0.25, 0.3) is 0 Å². The average Bonchev–Trinajstić information content (AvgIpc) is 2.19. The normalized spacial score (nSPS) is 12.4. The molecule has 0 aromatic heterocycles. The van der Waals surface area contributed by atoms with E-state index in [-0.39, 0.29) is 24.1 Å². The van der Waals surface area contributed by atoms with Gasteiger partial charge in [0.25, 0.3) is 0 Å². The van der Waals surface area contributed by atoms with E-state index >= 15 is 0 Å². The molecule has 4 N–H and O–H groups in total. The Balaban J connectivity index is 2.54. The van der Waals surface area contributed by atoms with Crippen molar-refractivity contribution in [2.45, 2.75) is 25.9 Å². The second-order valence-corrected chi connectivity index (χ2v) is 4.11. The molecule has 1 amide bonds. The second-order valence-electron chi connectivity index (χ2n) is 3.70. The maximum atomic E-state index is 10.7. The third-order valence-corrected chi connectivity index (χ3v) is 2.52. The second kappa shape index (κ2) is 5.72. The molecule has 0 aliphatic carbocycles. The number of amides is 1. The van der Waals surface area contributed by atoms with E-state index < -0.39 is 0 Å². The Kier molecular flexibility index (Phi) is 4.58. The highest BCUT2D eigenvalue weighted by Crippen LogP contribution is 2.26. The van der Waals surface area contributed by atoms with E-state index in [1.54, 1.807) is 18.2 Å². The van der Waals surface area contributed by atoms with Gasteiger partial charge in [-0.25, -0.2) is 0 Å². The molecule has 0 fully saturated rings. The number of phenolic OH excluding ortho intramolecular Hbond substituents is 1. The monoisotopic (exact) mass is 242 g/mol. The van der Waals surface area contributed by atoms with Gasteiger partial charge in [-0.1, -0.05) is 23.7 Å². The molecule has 1 atom stereocenters. The molecule has 0 bridgehead atoms. The topological polar surface area (TPSA) is 75.4 Å². The van der Waals surface area contributed by atoms with Crippen LogP contribution in [0.2, 0.25) is 5.02 Å². The van der Waals surface area contributed by atoms with Crippen molar-refractivity contribution in [3.8, 4) is 5.75 Å². The fraction of sp³-hybridized carbons (Fsp3) is 0.364. The van der Waals surface area contributed by atoms with Gasteiger partial charge in [0.2, 0.25) is 5.91 Å².